The Hall–Kier alpha value is -1.36. The van der Waals surface area contributed by atoms with Gasteiger partial charge in [0, 0.05) is 12.5 Å². The molecule has 23 heavy (non-hydrogen) atoms. The molecule has 0 N–H and O–H groups in total. The van der Waals surface area contributed by atoms with Crippen molar-refractivity contribution in [3.8, 4) is 18.1 Å². The standard InChI is InChI=1S/C18H29NO2Si2/c1-8-12-16(19(22(2,3)4)23(5,6)7)15-18(20)21-17-13-10-9-11-14-17/h1,9-11,13-14,16H,12,15H2,2-7H3. The summed E-state index contributed by atoms with van der Waals surface area (Å²) in [6.45, 7) is 13.9. The third-order valence-electron chi connectivity index (χ3n) is 3.54. The van der Waals surface area contributed by atoms with Gasteiger partial charge in [0.2, 0.25) is 0 Å². The lowest BCUT2D eigenvalue weighted by Crippen LogP contribution is -2.63. The normalized spacial score (nSPS) is 13.5. The highest BCUT2D eigenvalue weighted by atomic mass is 28.4. The summed E-state index contributed by atoms with van der Waals surface area (Å²) in [6.07, 6.45) is 6.51. The quantitative estimate of drug-likeness (QED) is 0.318. The number of ether oxygens (including phenoxy) is 1. The van der Waals surface area contributed by atoms with Gasteiger partial charge in [-0.1, -0.05) is 57.5 Å². The van der Waals surface area contributed by atoms with Crippen molar-refractivity contribution in [2.45, 2.75) is 58.2 Å². The Balaban J connectivity index is 2.92. The lowest BCUT2D eigenvalue weighted by molar-refractivity contribution is -0.135. The van der Waals surface area contributed by atoms with E-state index in [1.165, 1.54) is 0 Å². The van der Waals surface area contributed by atoms with Crippen LogP contribution in [0.2, 0.25) is 39.3 Å². The van der Waals surface area contributed by atoms with Gasteiger partial charge in [0.15, 0.2) is 0 Å². The monoisotopic (exact) mass is 347 g/mol. The van der Waals surface area contributed by atoms with Crippen LogP contribution in [0.3, 0.4) is 0 Å². The Morgan fingerprint density at radius 3 is 2.09 bits per heavy atom. The summed E-state index contributed by atoms with van der Waals surface area (Å²) in [7, 11) is -3.18. The number of hydrogen-bond acceptors (Lipinski definition) is 3. The van der Waals surface area contributed by atoms with E-state index < -0.39 is 16.5 Å². The summed E-state index contributed by atoms with van der Waals surface area (Å²) in [4.78, 5) is 12.4. The van der Waals surface area contributed by atoms with Gasteiger partial charge in [-0.3, -0.25) is 4.79 Å². The molecule has 1 aromatic carbocycles. The van der Waals surface area contributed by atoms with E-state index in [0.717, 1.165) is 0 Å². The molecule has 0 aliphatic carbocycles. The lowest BCUT2D eigenvalue weighted by Gasteiger charge is -2.48. The number of nitrogens with zero attached hydrogens (tertiary/aromatic N) is 1. The first-order valence-corrected chi connectivity index (χ1v) is 14.9. The molecule has 0 saturated heterocycles. The Morgan fingerprint density at radius 2 is 1.65 bits per heavy atom. The van der Waals surface area contributed by atoms with Crippen molar-refractivity contribution in [3.63, 3.8) is 0 Å². The highest BCUT2D eigenvalue weighted by Crippen LogP contribution is 2.26. The minimum atomic E-state index is -1.59. The molecule has 1 atom stereocenters. The van der Waals surface area contributed by atoms with Crippen molar-refractivity contribution < 1.29 is 9.53 Å². The fourth-order valence-electron chi connectivity index (χ4n) is 3.35. The Labute approximate surface area is 143 Å². The molecule has 3 nitrogen and oxygen atoms in total. The lowest BCUT2D eigenvalue weighted by atomic mass is 10.1. The zero-order valence-corrected chi connectivity index (χ0v) is 17.2. The maximum atomic E-state index is 12.4. The second kappa shape index (κ2) is 7.96. The van der Waals surface area contributed by atoms with Crippen LogP contribution in [0.25, 0.3) is 0 Å². The molecule has 0 aliphatic heterocycles. The number of rotatable bonds is 7. The Kier molecular flexibility index (Phi) is 6.81. The molecular weight excluding hydrogens is 318 g/mol. The van der Waals surface area contributed by atoms with E-state index in [2.05, 4.69) is 49.4 Å². The molecule has 1 aromatic rings. The van der Waals surface area contributed by atoms with Gasteiger partial charge < -0.3 is 8.97 Å². The van der Waals surface area contributed by atoms with Crippen LogP contribution in [0, 0.1) is 12.3 Å². The number of esters is 1. The molecule has 0 aliphatic rings. The van der Waals surface area contributed by atoms with Crippen molar-refractivity contribution in [2.24, 2.45) is 0 Å². The van der Waals surface area contributed by atoms with Crippen LogP contribution < -0.4 is 4.74 Å². The van der Waals surface area contributed by atoms with Crippen molar-refractivity contribution in [1.82, 2.24) is 4.23 Å². The summed E-state index contributed by atoms with van der Waals surface area (Å²) in [5.41, 5.74) is 0. The minimum absolute atomic E-state index is 0.0644. The molecule has 5 heteroatoms. The molecule has 0 amide bonds. The molecular formula is C18H29NO2Si2. The maximum absolute atomic E-state index is 12.4. The van der Waals surface area contributed by atoms with Crippen LogP contribution >= 0.6 is 0 Å². The average Bonchev–Trinajstić information content (AvgIpc) is 2.36. The molecule has 1 unspecified atom stereocenters. The smallest absolute Gasteiger partial charge is 0.312 e. The zero-order chi connectivity index (χ0) is 17.7. The summed E-state index contributed by atoms with van der Waals surface area (Å²) >= 11 is 0. The van der Waals surface area contributed by atoms with E-state index in [1.54, 1.807) is 12.1 Å². The molecule has 0 aromatic heterocycles. The van der Waals surface area contributed by atoms with E-state index in [-0.39, 0.29) is 12.0 Å². The summed E-state index contributed by atoms with van der Waals surface area (Å²) in [6, 6.07) is 9.27. The average molecular weight is 348 g/mol. The van der Waals surface area contributed by atoms with Gasteiger partial charge in [-0.25, -0.2) is 0 Å². The van der Waals surface area contributed by atoms with Gasteiger partial charge >= 0.3 is 5.97 Å². The third kappa shape index (κ3) is 6.34. The van der Waals surface area contributed by atoms with Crippen LogP contribution in [0.4, 0.5) is 0 Å². The van der Waals surface area contributed by atoms with Crippen LogP contribution in [-0.2, 0) is 4.79 Å². The molecule has 0 fully saturated rings. The van der Waals surface area contributed by atoms with Gasteiger partial charge in [0.1, 0.15) is 22.2 Å². The van der Waals surface area contributed by atoms with E-state index in [1.807, 2.05) is 18.2 Å². The van der Waals surface area contributed by atoms with Crippen molar-refractivity contribution in [1.29, 1.82) is 0 Å². The first kappa shape index (κ1) is 19.7. The fraction of sp³-hybridized carbons (Fsp3) is 0.500. The van der Waals surface area contributed by atoms with E-state index in [4.69, 9.17) is 11.2 Å². The van der Waals surface area contributed by atoms with Crippen LogP contribution in [-0.4, -0.2) is 32.7 Å². The summed E-state index contributed by atoms with van der Waals surface area (Å²) in [5.74, 6) is 3.13. The highest BCUT2D eigenvalue weighted by molar-refractivity contribution is 6.89. The molecule has 0 radical (unpaired) electrons. The third-order valence-corrected chi connectivity index (χ3v) is 11.2. The second-order valence-electron chi connectivity index (χ2n) is 7.76. The predicted octanol–water partition coefficient (Wildman–Crippen LogP) is 4.35. The van der Waals surface area contributed by atoms with Gasteiger partial charge in [-0.15, -0.1) is 12.3 Å². The Bertz CT molecular complexity index is 539. The fourth-order valence-corrected chi connectivity index (χ4v) is 14.0. The molecule has 0 spiro atoms. The topological polar surface area (TPSA) is 29.5 Å². The minimum Gasteiger partial charge on any atom is -0.426 e. The number of hydrogen-bond donors (Lipinski definition) is 0. The van der Waals surface area contributed by atoms with Gasteiger partial charge in [0.25, 0.3) is 0 Å². The van der Waals surface area contributed by atoms with Crippen molar-refractivity contribution >= 4 is 22.4 Å². The van der Waals surface area contributed by atoms with Gasteiger partial charge in [0.05, 0.1) is 6.42 Å². The SMILES string of the molecule is C#CCC(CC(=O)Oc1ccccc1)N([Si](C)(C)C)[Si](C)(C)C. The van der Waals surface area contributed by atoms with E-state index >= 15 is 0 Å². The molecule has 126 valence electrons. The molecule has 0 saturated carbocycles. The first-order valence-electron chi connectivity index (χ1n) is 8.04. The predicted molar refractivity (Wildman–Crippen MR) is 102 cm³/mol. The van der Waals surface area contributed by atoms with Crippen LogP contribution in [0.5, 0.6) is 5.75 Å². The summed E-state index contributed by atoms with van der Waals surface area (Å²) < 4.78 is 8.05. The number of benzene rings is 1. The van der Waals surface area contributed by atoms with Gasteiger partial charge in [-0.2, -0.15) is 0 Å². The Morgan fingerprint density at radius 1 is 1.13 bits per heavy atom. The van der Waals surface area contributed by atoms with Crippen LogP contribution in [0.1, 0.15) is 12.8 Å². The number of carbonyl (C=O) groups is 1. The number of terminal acetylenes is 1. The van der Waals surface area contributed by atoms with Crippen molar-refractivity contribution in [3.05, 3.63) is 30.3 Å². The van der Waals surface area contributed by atoms with Crippen LogP contribution in [0.15, 0.2) is 30.3 Å². The first-order chi connectivity index (χ1) is 10.6. The zero-order valence-electron chi connectivity index (χ0n) is 15.2. The molecule has 0 bridgehead atoms. The van der Waals surface area contributed by atoms with Gasteiger partial charge in [-0.05, 0) is 12.1 Å². The van der Waals surface area contributed by atoms with E-state index in [9.17, 15) is 4.79 Å². The molecule has 1 rings (SSSR count). The van der Waals surface area contributed by atoms with Crippen molar-refractivity contribution in [2.75, 3.05) is 0 Å². The molecule has 0 heterocycles. The number of carbonyl (C=O) groups excluding carboxylic acids is 1. The number of para-hydroxylation sites is 1. The second-order valence-corrected chi connectivity index (χ2v) is 17.9. The summed E-state index contributed by atoms with van der Waals surface area (Å²) in [5, 5.41) is 0. The highest BCUT2D eigenvalue weighted by Gasteiger charge is 2.39. The maximum Gasteiger partial charge on any atom is 0.312 e. The van der Waals surface area contributed by atoms with E-state index in [0.29, 0.717) is 18.6 Å². The largest absolute Gasteiger partial charge is 0.426 e.